The van der Waals surface area contributed by atoms with Crippen molar-refractivity contribution in [3.8, 4) is 5.75 Å². The van der Waals surface area contributed by atoms with Gasteiger partial charge >= 0.3 is 0 Å². The van der Waals surface area contributed by atoms with Crippen molar-refractivity contribution >= 4 is 52.3 Å². The lowest BCUT2D eigenvalue weighted by Gasteiger charge is -2.26. The van der Waals surface area contributed by atoms with Crippen LogP contribution in [0.3, 0.4) is 0 Å². The number of ether oxygens (including phenoxy) is 1. The van der Waals surface area contributed by atoms with E-state index in [4.69, 9.17) is 33.0 Å². The Kier molecular flexibility index (Phi) is 7.20. The van der Waals surface area contributed by atoms with Gasteiger partial charge in [-0.3, -0.25) is 19.4 Å². The fourth-order valence-electron chi connectivity index (χ4n) is 5.61. The molecule has 6 rings (SSSR count). The molecule has 0 radical (unpaired) electrons. The third kappa shape index (κ3) is 4.70. The van der Waals surface area contributed by atoms with Crippen LogP contribution < -0.4 is 9.64 Å². The molecular weight excluding hydrogens is 579 g/mol. The number of para-hydroxylation sites is 1. The fraction of sp³-hybridized carbons (Fsp3) is 0.267. The maximum absolute atomic E-state index is 13.9. The quantitative estimate of drug-likeness (QED) is 0.355. The monoisotopic (exact) mass is 604 g/mol. The predicted molar refractivity (Wildman–Crippen MR) is 158 cm³/mol. The molecule has 3 aliphatic rings. The molecule has 0 spiro atoms. The van der Waals surface area contributed by atoms with Gasteiger partial charge in [0.05, 0.1) is 34.6 Å². The van der Waals surface area contributed by atoms with E-state index in [1.807, 2.05) is 50.2 Å². The molecule has 42 heavy (non-hydrogen) atoms. The van der Waals surface area contributed by atoms with Crippen LogP contribution in [0.5, 0.6) is 5.75 Å². The first kappa shape index (κ1) is 27.9. The van der Waals surface area contributed by atoms with Crippen molar-refractivity contribution in [1.82, 2.24) is 10.0 Å². The second-order valence-corrected chi connectivity index (χ2v) is 11.2. The molecule has 214 valence electrons. The van der Waals surface area contributed by atoms with Crippen molar-refractivity contribution in [2.75, 3.05) is 18.6 Å². The van der Waals surface area contributed by atoms with Crippen molar-refractivity contribution in [2.24, 2.45) is 15.4 Å². The Bertz CT molecular complexity index is 1650. The van der Waals surface area contributed by atoms with E-state index < -0.39 is 35.8 Å². The van der Waals surface area contributed by atoms with Crippen LogP contribution in [-0.2, 0) is 14.4 Å². The molecule has 10 nitrogen and oxygen atoms in total. The Balaban J connectivity index is 1.29. The Morgan fingerprint density at radius 3 is 2.38 bits per heavy atom. The number of amides is 3. The van der Waals surface area contributed by atoms with Crippen LogP contribution in [0.1, 0.15) is 34.7 Å². The number of imide groups is 1. The Labute approximate surface area is 252 Å². The number of rotatable bonds is 6. The highest BCUT2D eigenvalue weighted by Crippen LogP contribution is 2.40. The molecule has 3 aliphatic heterocycles. The number of anilines is 1. The number of benzene rings is 3. The summed E-state index contributed by atoms with van der Waals surface area (Å²) in [6.45, 7) is 3.73. The Morgan fingerprint density at radius 2 is 1.71 bits per heavy atom. The summed E-state index contributed by atoms with van der Waals surface area (Å²) in [6, 6.07) is 15.7. The maximum Gasteiger partial charge on any atom is 0.264 e. The van der Waals surface area contributed by atoms with E-state index in [0.717, 1.165) is 32.9 Å². The molecule has 3 atom stereocenters. The minimum Gasteiger partial charge on any atom is -0.497 e. The molecule has 0 aromatic heterocycles. The van der Waals surface area contributed by atoms with E-state index in [-0.39, 0.29) is 22.3 Å². The number of fused-ring (bicyclic) bond motifs is 1. The molecular formula is C30H26Cl2N6O4. The van der Waals surface area contributed by atoms with E-state index in [2.05, 4.69) is 16.4 Å². The van der Waals surface area contributed by atoms with Crippen molar-refractivity contribution in [1.29, 1.82) is 0 Å². The molecule has 1 saturated heterocycles. The highest BCUT2D eigenvalue weighted by molar-refractivity contribution is 6.42. The largest absolute Gasteiger partial charge is 0.497 e. The summed E-state index contributed by atoms with van der Waals surface area (Å²) in [7, 11) is 1.59. The zero-order chi connectivity index (χ0) is 29.7. The van der Waals surface area contributed by atoms with Crippen LogP contribution in [0, 0.1) is 13.8 Å². The van der Waals surface area contributed by atoms with E-state index in [0.29, 0.717) is 12.2 Å². The lowest BCUT2D eigenvalue weighted by molar-refractivity contribution is -0.135. The molecule has 1 fully saturated rings. The van der Waals surface area contributed by atoms with Crippen LogP contribution in [0.25, 0.3) is 0 Å². The molecule has 0 saturated carbocycles. The number of aryl methyl sites for hydroxylation is 2. The minimum atomic E-state index is -1.11. The smallest absolute Gasteiger partial charge is 0.264 e. The summed E-state index contributed by atoms with van der Waals surface area (Å²) in [5.41, 5.74) is 4.88. The second kappa shape index (κ2) is 10.8. The summed E-state index contributed by atoms with van der Waals surface area (Å²) in [4.78, 5) is 41.5. The third-order valence-corrected chi connectivity index (χ3v) is 8.29. The van der Waals surface area contributed by atoms with Gasteiger partial charge < -0.3 is 4.74 Å². The number of hydrogen-bond acceptors (Lipinski definition) is 8. The van der Waals surface area contributed by atoms with Gasteiger partial charge in [-0.2, -0.15) is 10.2 Å². The van der Waals surface area contributed by atoms with Gasteiger partial charge in [0.2, 0.25) is 0 Å². The van der Waals surface area contributed by atoms with Gasteiger partial charge in [0, 0.05) is 12.0 Å². The molecule has 3 aromatic rings. The van der Waals surface area contributed by atoms with Gasteiger partial charge in [0.25, 0.3) is 17.7 Å². The fourth-order valence-corrected chi connectivity index (χ4v) is 6.18. The van der Waals surface area contributed by atoms with Crippen molar-refractivity contribution in [3.05, 3.63) is 93.0 Å². The second-order valence-electron chi connectivity index (χ2n) is 10.4. The summed E-state index contributed by atoms with van der Waals surface area (Å²) < 4.78 is 5.31. The van der Waals surface area contributed by atoms with Gasteiger partial charge in [-0.25, -0.2) is 9.91 Å². The van der Waals surface area contributed by atoms with Gasteiger partial charge in [0.1, 0.15) is 12.3 Å². The van der Waals surface area contributed by atoms with Crippen molar-refractivity contribution < 1.29 is 19.1 Å². The molecule has 3 aromatic carbocycles. The van der Waals surface area contributed by atoms with E-state index >= 15 is 0 Å². The first-order valence-corrected chi connectivity index (χ1v) is 14.0. The van der Waals surface area contributed by atoms with Crippen LogP contribution >= 0.6 is 23.2 Å². The summed E-state index contributed by atoms with van der Waals surface area (Å²) >= 11 is 12.6. The number of halogens is 2. The first-order valence-electron chi connectivity index (χ1n) is 13.3. The number of carbonyl (C=O) groups is 3. The van der Waals surface area contributed by atoms with Crippen LogP contribution in [-0.4, -0.2) is 59.2 Å². The van der Waals surface area contributed by atoms with E-state index in [9.17, 15) is 14.4 Å². The van der Waals surface area contributed by atoms with Crippen molar-refractivity contribution in [2.45, 2.75) is 38.4 Å². The zero-order valence-corrected chi connectivity index (χ0v) is 24.5. The molecule has 0 bridgehead atoms. The molecule has 3 amide bonds. The lowest BCUT2D eigenvalue weighted by atomic mass is 9.95. The van der Waals surface area contributed by atoms with Gasteiger partial charge in [0.15, 0.2) is 12.1 Å². The number of methoxy groups -OCH3 is 1. The SMILES string of the molecule is COc1ccc([C@@H]2CC(c3ccc(C)cc3C)=NN2C(=O)CN2N=N[C@H]3C(=O)N(c4c(Cl)cccc4Cl)C(=O)[C@@H]32)cc1. The molecule has 0 unspecified atom stereocenters. The molecule has 12 heteroatoms. The maximum atomic E-state index is 13.9. The van der Waals surface area contributed by atoms with Gasteiger partial charge in [-0.1, -0.05) is 70.4 Å². The number of carbonyl (C=O) groups excluding carboxylic acids is 3. The Morgan fingerprint density at radius 1 is 1.00 bits per heavy atom. The molecule has 3 heterocycles. The van der Waals surface area contributed by atoms with Crippen LogP contribution in [0.4, 0.5) is 5.69 Å². The summed E-state index contributed by atoms with van der Waals surface area (Å²) in [6.07, 6.45) is 0.492. The highest BCUT2D eigenvalue weighted by atomic mass is 35.5. The van der Waals surface area contributed by atoms with Crippen LogP contribution in [0.15, 0.2) is 76.1 Å². The minimum absolute atomic E-state index is 0.0912. The normalized spacial score (nSPS) is 21.3. The number of nitrogens with zero attached hydrogens (tertiary/aromatic N) is 6. The highest BCUT2D eigenvalue weighted by Gasteiger charge is 2.56. The average molecular weight is 605 g/mol. The molecule has 0 N–H and O–H groups in total. The number of hydrazone groups is 1. The van der Waals surface area contributed by atoms with E-state index in [1.165, 1.54) is 22.2 Å². The summed E-state index contributed by atoms with van der Waals surface area (Å²) in [5, 5.41) is 15.8. The van der Waals surface area contributed by atoms with Gasteiger partial charge in [-0.15, -0.1) is 0 Å². The van der Waals surface area contributed by atoms with Crippen LogP contribution in [0.2, 0.25) is 10.0 Å². The standard InChI is InChI=1S/C30H26Cl2N6O4/c1-16-7-12-20(17(2)13-16)23-14-24(18-8-10-19(42-3)11-9-18)38(34-23)25(39)15-36-28-26(33-35-36)29(40)37(30(28)41)27-21(31)5-4-6-22(27)32/h4-13,24,26,28H,14-15H2,1-3H3/t24-,26+,28+/m0/s1. The first-order chi connectivity index (χ1) is 20.2. The van der Waals surface area contributed by atoms with E-state index in [1.54, 1.807) is 13.2 Å². The third-order valence-electron chi connectivity index (χ3n) is 7.68. The zero-order valence-electron chi connectivity index (χ0n) is 23.0. The topological polar surface area (TPSA) is 107 Å². The summed E-state index contributed by atoms with van der Waals surface area (Å²) in [5.74, 6) is -0.914. The average Bonchev–Trinajstić information content (AvgIpc) is 3.65. The molecule has 0 aliphatic carbocycles. The predicted octanol–water partition coefficient (Wildman–Crippen LogP) is 5.29. The van der Waals surface area contributed by atoms with Gasteiger partial charge in [-0.05, 0) is 49.2 Å². The number of hydrogen-bond donors (Lipinski definition) is 0. The Hall–Kier alpha value is -4.28. The van der Waals surface area contributed by atoms with Crippen molar-refractivity contribution in [3.63, 3.8) is 0 Å². The lowest BCUT2D eigenvalue weighted by Crippen LogP contribution is -2.44.